The van der Waals surface area contributed by atoms with Crippen molar-refractivity contribution >= 4 is 15.9 Å². The maximum atomic E-state index is 13.7. The fraction of sp³-hybridized carbons (Fsp3) is 0.455. The van der Waals surface area contributed by atoms with Crippen molar-refractivity contribution in [3.63, 3.8) is 0 Å². The van der Waals surface area contributed by atoms with Gasteiger partial charge in [0.25, 0.3) is 0 Å². The Morgan fingerprint density at radius 3 is 2.79 bits per heavy atom. The molecular formula is C11H13BrFN. The predicted molar refractivity (Wildman–Crippen MR) is 58.7 cm³/mol. The van der Waals surface area contributed by atoms with Crippen LogP contribution in [0.3, 0.4) is 0 Å². The van der Waals surface area contributed by atoms with E-state index < -0.39 is 0 Å². The second kappa shape index (κ2) is 3.99. The van der Waals surface area contributed by atoms with Crippen LogP contribution in [0.5, 0.6) is 0 Å². The normalized spacial score (nSPS) is 26.8. The van der Waals surface area contributed by atoms with Crippen LogP contribution in [0.15, 0.2) is 22.7 Å². The minimum atomic E-state index is -0.144. The van der Waals surface area contributed by atoms with Crippen LogP contribution in [-0.4, -0.2) is 6.04 Å². The van der Waals surface area contributed by atoms with Gasteiger partial charge in [0, 0.05) is 12.0 Å². The van der Waals surface area contributed by atoms with Crippen LogP contribution in [0.4, 0.5) is 4.39 Å². The molecule has 0 aromatic heterocycles. The van der Waals surface area contributed by atoms with E-state index in [1.54, 1.807) is 6.07 Å². The van der Waals surface area contributed by atoms with Gasteiger partial charge in [-0.25, -0.2) is 4.39 Å². The topological polar surface area (TPSA) is 26.0 Å². The molecule has 1 aromatic rings. The first-order valence-electron chi connectivity index (χ1n) is 4.89. The molecule has 2 rings (SSSR count). The van der Waals surface area contributed by atoms with Gasteiger partial charge in [0.1, 0.15) is 5.82 Å². The van der Waals surface area contributed by atoms with Crippen molar-refractivity contribution in [3.8, 4) is 0 Å². The summed E-state index contributed by atoms with van der Waals surface area (Å²) in [7, 11) is 0. The molecular weight excluding hydrogens is 245 g/mol. The molecule has 0 radical (unpaired) electrons. The Bertz CT molecular complexity index is 340. The number of rotatable bonds is 1. The van der Waals surface area contributed by atoms with Crippen LogP contribution in [-0.2, 0) is 0 Å². The van der Waals surface area contributed by atoms with Crippen LogP contribution in [0.1, 0.15) is 30.7 Å². The second-order valence-corrected chi connectivity index (χ2v) is 4.70. The van der Waals surface area contributed by atoms with E-state index in [1.165, 1.54) is 0 Å². The smallest absolute Gasteiger partial charge is 0.140 e. The van der Waals surface area contributed by atoms with Crippen LogP contribution in [0.2, 0.25) is 0 Å². The molecule has 0 spiro atoms. The Balaban J connectivity index is 2.36. The molecule has 0 amide bonds. The fourth-order valence-corrected chi connectivity index (χ4v) is 2.56. The highest BCUT2D eigenvalue weighted by Crippen LogP contribution is 2.36. The molecule has 1 aromatic carbocycles. The lowest BCUT2D eigenvalue weighted by Crippen LogP contribution is -2.23. The first kappa shape index (κ1) is 10.1. The van der Waals surface area contributed by atoms with Crippen molar-refractivity contribution in [2.75, 3.05) is 0 Å². The third-order valence-corrected chi connectivity index (χ3v) is 3.56. The predicted octanol–water partition coefficient (Wildman–Crippen LogP) is 3.18. The summed E-state index contributed by atoms with van der Waals surface area (Å²) in [5.74, 6) is 0.0577. The summed E-state index contributed by atoms with van der Waals surface area (Å²) in [5, 5.41) is 0. The average molecular weight is 258 g/mol. The van der Waals surface area contributed by atoms with Gasteiger partial charge in [0.15, 0.2) is 0 Å². The molecule has 0 aliphatic heterocycles. The second-order valence-electron chi connectivity index (χ2n) is 3.84. The van der Waals surface area contributed by atoms with Crippen molar-refractivity contribution in [2.45, 2.75) is 31.2 Å². The average Bonchev–Trinajstić information content (AvgIpc) is 2.57. The maximum Gasteiger partial charge on any atom is 0.140 e. The zero-order chi connectivity index (χ0) is 10.1. The summed E-state index contributed by atoms with van der Waals surface area (Å²) >= 11 is 3.20. The molecule has 2 unspecified atom stereocenters. The molecule has 1 nitrogen and oxygen atoms in total. The van der Waals surface area contributed by atoms with Crippen LogP contribution < -0.4 is 5.73 Å². The first-order chi connectivity index (χ1) is 6.70. The summed E-state index contributed by atoms with van der Waals surface area (Å²) in [4.78, 5) is 0. The van der Waals surface area contributed by atoms with Crippen LogP contribution in [0, 0.1) is 5.82 Å². The van der Waals surface area contributed by atoms with Gasteiger partial charge >= 0.3 is 0 Å². The van der Waals surface area contributed by atoms with Crippen LogP contribution in [0.25, 0.3) is 0 Å². The van der Waals surface area contributed by atoms with E-state index in [9.17, 15) is 4.39 Å². The number of hydrogen-bond acceptors (Lipinski definition) is 1. The zero-order valence-electron chi connectivity index (χ0n) is 7.84. The van der Waals surface area contributed by atoms with Gasteiger partial charge in [0.2, 0.25) is 0 Å². The quantitative estimate of drug-likeness (QED) is 0.822. The number of hydrogen-bond donors (Lipinski definition) is 1. The van der Waals surface area contributed by atoms with E-state index in [4.69, 9.17) is 5.73 Å². The van der Waals surface area contributed by atoms with Gasteiger partial charge in [-0.15, -0.1) is 0 Å². The fourth-order valence-electron chi connectivity index (χ4n) is 2.18. The van der Waals surface area contributed by atoms with E-state index >= 15 is 0 Å². The highest BCUT2D eigenvalue weighted by Gasteiger charge is 2.27. The molecule has 2 atom stereocenters. The molecule has 1 saturated carbocycles. The molecule has 1 aliphatic carbocycles. The third-order valence-electron chi connectivity index (χ3n) is 2.95. The summed E-state index contributed by atoms with van der Waals surface area (Å²) in [6.07, 6.45) is 3.13. The van der Waals surface area contributed by atoms with Crippen molar-refractivity contribution in [3.05, 3.63) is 34.1 Å². The van der Waals surface area contributed by atoms with Crippen LogP contribution >= 0.6 is 15.9 Å². The van der Waals surface area contributed by atoms with Crippen molar-refractivity contribution in [2.24, 2.45) is 5.73 Å². The molecule has 0 heterocycles. The van der Waals surface area contributed by atoms with Gasteiger partial charge < -0.3 is 5.73 Å². The Labute approximate surface area is 91.6 Å². The Morgan fingerprint density at radius 1 is 1.36 bits per heavy atom. The van der Waals surface area contributed by atoms with Crippen molar-refractivity contribution < 1.29 is 4.39 Å². The Morgan fingerprint density at radius 2 is 2.14 bits per heavy atom. The highest BCUT2D eigenvalue weighted by molar-refractivity contribution is 9.10. The third kappa shape index (κ3) is 1.71. The van der Waals surface area contributed by atoms with E-state index in [2.05, 4.69) is 15.9 Å². The van der Waals surface area contributed by atoms with Gasteiger partial charge in [-0.3, -0.25) is 0 Å². The lowest BCUT2D eigenvalue weighted by Gasteiger charge is -2.16. The lowest BCUT2D eigenvalue weighted by molar-refractivity contribution is 0.545. The molecule has 14 heavy (non-hydrogen) atoms. The molecule has 1 aliphatic rings. The van der Waals surface area contributed by atoms with Gasteiger partial charge in [-0.1, -0.05) is 18.6 Å². The van der Waals surface area contributed by atoms with Gasteiger partial charge in [0.05, 0.1) is 4.47 Å². The standard InChI is InChI=1S/C11H13BrFN/c12-9-5-1-4-8(11(9)13)7-3-2-6-10(7)14/h1,4-5,7,10H,2-3,6,14H2. The molecule has 3 heteroatoms. The monoisotopic (exact) mass is 257 g/mol. The minimum Gasteiger partial charge on any atom is -0.327 e. The van der Waals surface area contributed by atoms with E-state index in [1.807, 2.05) is 12.1 Å². The van der Waals surface area contributed by atoms with Crippen molar-refractivity contribution in [1.82, 2.24) is 0 Å². The summed E-state index contributed by atoms with van der Waals surface area (Å²) < 4.78 is 14.3. The van der Waals surface area contributed by atoms with E-state index in [0.717, 1.165) is 24.8 Å². The number of nitrogens with two attached hydrogens (primary N) is 1. The lowest BCUT2D eigenvalue weighted by atomic mass is 9.94. The largest absolute Gasteiger partial charge is 0.327 e. The maximum absolute atomic E-state index is 13.7. The van der Waals surface area contributed by atoms with Gasteiger partial charge in [-0.2, -0.15) is 0 Å². The molecule has 76 valence electrons. The first-order valence-corrected chi connectivity index (χ1v) is 5.69. The summed E-state index contributed by atoms with van der Waals surface area (Å²) in [6, 6.07) is 5.56. The Hall–Kier alpha value is -0.410. The SMILES string of the molecule is NC1CCCC1c1cccc(Br)c1F. The molecule has 0 bridgehead atoms. The number of benzene rings is 1. The molecule has 0 saturated heterocycles. The number of halogens is 2. The summed E-state index contributed by atoms with van der Waals surface area (Å²) in [5.41, 5.74) is 6.72. The van der Waals surface area contributed by atoms with E-state index in [0.29, 0.717) is 4.47 Å². The van der Waals surface area contributed by atoms with Crippen molar-refractivity contribution in [1.29, 1.82) is 0 Å². The summed E-state index contributed by atoms with van der Waals surface area (Å²) in [6.45, 7) is 0. The molecule has 1 fully saturated rings. The Kier molecular flexibility index (Phi) is 2.88. The molecule has 2 N–H and O–H groups in total. The van der Waals surface area contributed by atoms with E-state index in [-0.39, 0.29) is 17.8 Å². The van der Waals surface area contributed by atoms with Gasteiger partial charge in [-0.05, 0) is 40.4 Å². The highest BCUT2D eigenvalue weighted by atomic mass is 79.9. The zero-order valence-corrected chi connectivity index (χ0v) is 9.43. The minimum absolute atomic E-state index is 0.124.